The summed E-state index contributed by atoms with van der Waals surface area (Å²) in [6.07, 6.45) is 2.97. The van der Waals surface area contributed by atoms with E-state index in [0.29, 0.717) is 19.4 Å². The van der Waals surface area contributed by atoms with Crippen molar-refractivity contribution in [1.82, 2.24) is 15.2 Å². The fraction of sp³-hybridized carbons (Fsp3) is 0.533. The molecule has 1 aliphatic heterocycles. The van der Waals surface area contributed by atoms with Crippen LogP contribution in [0.25, 0.3) is 0 Å². The Morgan fingerprint density at radius 2 is 2.00 bits per heavy atom. The molecule has 0 aliphatic carbocycles. The van der Waals surface area contributed by atoms with E-state index in [4.69, 9.17) is 0 Å². The van der Waals surface area contributed by atoms with Crippen LogP contribution in [0.3, 0.4) is 0 Å². The van der Waals surface area contributed by atoms with Gasteiger partial charge in [0, 0.05) is 52.3 Å². The maximum atomic E-state index is 12.1. The van der Waals surface area contributed by atoms with Gasteiger partial charge in [-0.1, -0.05) is 6.07 Å². The Kier molecular flexibility index (Phi) is 5.54. The number of hydrogen-bond donors (Lipinski definition) is 1. The van der Waals surface area contributed by atoms with Crippen molar-refractivity contribution in [3.05, 3.63) is 24.4 Å². The second kappa shape index (κ2) is 7.61. The maximum absolute atomic E-state index is 12.1. The maximum Gasteiger partial charge on any atom is 0.222 e. The Morgan fingerprint density at radius 3 is 2.62 bits per heavy atom. The molecule has 1 aromatic heterocycles. The van der Waals surface area contributed by atoms with Gasteiger partial charge < -0.3 is 15.1 Å². The highest BCUT2D eigenvalue weighted by Crippen LogP contribution is 2.13. The summed E-state index contributed by atoms with van der Waals surface area (Å²) in [5.74, 6) is 1.09. The molecular weight excluding hydrogens is 268 g/mol. The summed E-state index contributed by atoms with van der Waals surface area (Å²) in [5, 5.41) is 2.71. The minimum absolute atomic E-state index is 0.0496. The van der Waals surface area contributed by atoms with E-state index < -0.39 is 0 Å². The highest BCUT2D eigenvalue weighted by molar-refractivity contribution is 5.76. The van der Waals surface area contributed by atoms with E-state index in [-0.39, 0.29) is 11.8 Å². The first-order chi connectivity index (χ1) is 10.2. The highest BCUT2D eigenvalue weighted by atomic mass is 16.2. The average molecular weight is 290 g/mol. The van der Waals surface area contributed by atoms with Crippen LogP contribution in [0.15, 0.2) is 24.4 Å². The van der Waals surface area contributed by atoms with Gasteiger partial charge in [0.25, 0.3) is 0 Å². The molecule has 0 aromatic carbocycles. The van der Waals surface area contributed by atoms with Gasteiger partial charge in [0.2, 0.25) is 11.8 Å². The molecule has 0 spiro atoms. The summed E-state index contributed by atoms with van der Waals surface area (Å²) >= 11 is 0. The van der Waals surface area contributed by atoms with E-state index in [1.54, 1.807) is 6.20 Å². The molecule has 0 atom stereocenters. The van der Waals surface area contributed by atoms with Gasteiger partial charge in [-0.05, 0) is 18.6 Å². The predicted molar refractivity (Wildman–Crippen MR) is 80.9 cm³/mol. The van der Waals surface area contributed by atoms with Gasteiger partial charge in [-0.25, -0.2) is 4.98 Å². The van der Waals surface area contributed by atoms with E-state index >= 15 is 0 Å². The molecule has 0 radical (unpaired) electrons. The summed E-state index contributed by atoms with van der Waals surface area (Å²) in [6, 6.07) is 5.87. The minimum Gasteiger partial charge on any atom is -0.356 e. The van der Waals surface area contributed by atoms with Gasteiger partial charge in [-0.15, -0.1) is 0 Å². The molecule has 1 saturated heterocycles. The number of pyridine rings is 1. The Balaban J connectivity index is 1.71. The second-order valence-corrected chi connectivity index (χ2v) is 5.14. The van der Waals surface area contributed by atoms with Crippen molar-refractivity contribution in [2.75, 3.05) is 37.6 Å². The number of hydrogen-bond acceptors (Lipinski definition) is 4. The lowest BCUT2D eigenvalue weighted by atomic mass is 10.2. The molecule has 0 saturated carbocycles. The van der Waals surface area contributed by atoms with Crippen LogP contribution < -0.4 is 10.2 Å². The molecule has 0 bridgehead atoms. The Bertz CT molecular complexity index is 470. The first-order valence-corrected chi connectivity index (χ1v) is 7.35. The van der Waals surface area contributed by atoms with Crippen LogP contribution >= 0.6 is 0 Å². The second-order valence-electron chi connectivity index (χ2n) is 5.14. The third-order valence-corrected chi connectivity index (χ3v) is 3.55. The Hall–Kier alpha value is -2.11. The molecule has 1 aliphatic rings. The lowest BCUT2D eigenvalue weighted by Gasteiger charge is -2.35. The highest BCUT2D eigenvalue weighted by Gasteiger charge is 2.21. The molecule has 6 nitrogen and oxygen atoms in total. The van der Waals surface area contributed by atoms with Crippen LogP contribution in [0.1, 0.15) is 19.8 Å². The molecule has 2 amide bonds. The van der Waals surface area contributed by atoms with E-state index in [2.05, 4.69) is 15.2 Å². The summed E-state index contributed by atoms with van der Waals surface area (Å²) in [6.45, 7) is 5.14. The smallest absolute Gasteiger partial charge is 0.222 e. The molecule has 1 fully saturated rings. The van der Waals surface area contributed by atoms with Crippen molar-refractivity contribution in [1.29, 1.82) is 0 Å². The van der Waals surface area contributed by atoms with Gasteiger partial charge in [-0.2, -0.15) is 0 Å². The standard InChI is InChI=1S/C15H22N4O2/c1-13(20)16-8-4-6-15(21)19-11-9-18(10-12-19)14-5-2-3-7-17-14/h2-3,5,7H,4,6,8-12H2,1H3,(H,16,20). The van der Waals surface area contributed by atoms with Crippen molar-refractivity contribution in [2.24, 2.45) is 0 Å². The number of nitrogens with one attached hydrogen (secondary N) is 1. The largest absolute Gasteiger partial charge is 0.356 e. The number of aromatic nitrogens is 1. The van der Waals surface area contributed by atoms with Crippen LogP contribution in [0.4, 0.5) is 5.82 Å². The van der Waals surface area contributed by atoms with Gasteiger partial charge in [0.05, 0.1) is 0 Å². The van der Waals surface area contributed by atoms with Crippen LogP contribution in [-0.2, 0) is 9.59 Å². The molecular formula is C15H22N4O2. The summed E-state index contributed by atoms with van der Waals surface area (Å²) < 4.78 is 0. The first-order valence-electron chi connectivity index (χ1n) is 7.35. The quantitative estimate of drug-likeness (QED) is 0.809. The number of anilines is 1. The molecule has 2 heterocycles. The summed E-state index contributed by atoms with van der Waals surface area (Å²) in [4.78, 5) is 31.2. The van der Waals surface area contributed by atoms with Crippen molar-refractivity contribution >= 4 is 17.6 Å². The minimum atomic E-state index is -0.0496. The SMILES string of the molecule is CC(=O)NCCCC(=O)N1CCN(c2ccccn2)CC1. The Morgan fingerprint density at radius 1 is 1.24 bits per heavy atom. The van der Waals surface area contributed by atoms with Crippen LogP contribution in [0, 0.1) is 0 Å². The number of nitrogens with zero attached hydrogens (tertiary/aromatic N) is 3. The molecule has 0 unspecified atom stereocenters. The Labute approximate surface area is 125 Å². The molecule has 2 rings (SSSR count). The molecule has 6 heteroatoms. The predicted octanol–water partition coefficient (Wildman–Crippen LogP) is 0.646. The zero-order chi connectivity index (χ0) is 15.1. The topological polar surface area (TPSA) is 65.5 Å². The van der Waals surface area contributed by atoms with Crippen molar-refractivity contribution in [2.45, 2.75) is 19.8 Å². The van der Waals surface area contributed by atoms with Crippen molar-refractivity contribution in [3.63, 3.8) is 0 Å². The molecule has 1 aromatic rings. The zero-order valence-corrected chi connectivity index (χ0v) is 12.4. The number of piperazine rings is 1. The van der Waals surface area contributed by atoms with E-state index in [9.17, 15) is 9.59 Å². The van der Waals surface area contributed by atoms with Gasteiger partial charge in [0.15, 0.2) is 0 Å². The van der Waals surface area contributed by atoms with E-state index in [1.807, 2.05) is 23.1 Å². The van der Waals surface area contributed by atoms with E-state index in [1.165, 1.54) is 6.92 Å². The normalized spacial score (nSPS) is 14.9. The van der Waals surface area contributed by atoms with Gasteiger partial charge in [-0.3, -0.25) is 9.59 Å². The van der Waals surface area contributed by atoms with Crippen LogP contribution in [0.2, 0.25) is 0 Å². The average Bonchev–Trinajstić information content (AvgIpc) is 2.52. The fourth-order valence-corrected chi connectivity index (χ4v) is 2.39. The third-order valence-electron chi connectivity index (χ3n) is 3.55. The van der Waals surface area contributed by atoms with E-state index in [0.717, 1.165) is 32.0 Å². The zero-order valence-electron chi connectivity index (χ0n) is 12.4. The first kappa shape index (κ1) is 15.3. The number of carbonyl (C=O) groups is 2. The lowest BCUT2D eigenvalue weighted by Crippen LogP contribution is -2.49. The van der Waals surface area contributed by atoms with Crippen molar-refractivity contribution in [3.8, 4) is 0 Å². The number of carbonyl (C=O) groups excluding carboxylic acids is 2. The fourth-order valence-electron chi connectivity index (χ4n) is 2.39. The van der Waals surface area contributed by atoms with Gasteiger partial charge in [0.1, 0.15) is 5.82 Å². The third kappa shape index (κ3) is 4.73. The molecule has 1 N–H and O–H groups in total. The summed E-state index contributed by atoms with van der Waals surface area (Å²) in [7, 11) is 0. The number of rotatable bonds is 5. The molecule has 21 heavy (non-hydrogen) atoms. The lowest BCUT2D eigenvalue weighted by molar-refractivity contribution is -0.131. The van der Waals surface area contributed by atoms with Crippen LogP contribution in [-0.4, -0.2) is 54.4 Å². The monoisotopic (exact) mass is 290 g/mol. The van der Waals surface area contributed by atoms with Gasteiger partial charge >= 0.3 is 0 Å². The number of amides is 2. The summed E-state index contributed by atoms with van der Waals surface area (Å²) in [5.41, 5.74) is 0. The van der Waals surface area contributed by atoms with Crippen LogP contribution in [0.5, 0.6) is 0 Å². The van der Waals surface area contributed by atoms with Crippen molar-refractivity contribution < 1.29 is 9.59 Å². The molecule has 114 valence electrons.